The van der Waals surface area contributed by atoms with Crippen molar-refractivity contribution in [3.05, 3.63) is 65.0 Å². The van der Waals surface area contributed by atoms with Crippen LogP contribution >= 0.6 is 0 Å². The molecule has 0 spiro atoms. The van der Waals surface area contributed by atoms with Crippen molar-refractivity contribution in [2.75, 3.05) is 7.05 Å². The Morgan fingerprint density at radius 1 is 1.39 bits per heavy atom. The number of nitrogens with zero attached hydrogens (tertiary/aromatic N) is 2. The largest absolute Gasteiger partial charge is 0.331 e. The molecule has 2 amide bonds. The van der Waals surface area contributed by atoms with E-state index in [0.717, 1.165) is 12.0 Å². The average Bonchev–Trinajstić information content (AvgIpc) is 2.84. The second-order valence-corrected chi connectivity index (χ2v) is 6.53. The molecule has 1 aliphatic rings. The second kappa shape index (κ2) is 6.41. The van der Waals surface area contributed by atoms with Crippen molar-refractivity contribution in [3.63, 3.8) is 0 Å². The molecule has 2 aromatic rings. The van der Waals surface area contributed by atoms with Gasteiger partial charge in [-0.1, -0.05) is 36.8 Å². The van der Waals surface area contributed by atoms with Crippen molar-refractivity contribution in [1.29, 1.82) is 0 Å². The summed E-state index contributed by atoms with van der Waals surface area (Å²) in [6.07, 6.45) is 4.55. The summed E-state index contributed by atoms with van der Waals surface area (Å²) in [5.74, 6) is 0.419. The lowest BCUT2D eigenvalue weighted by atomic mass is 10.0. The zero-order valence-corrected chi connectivity index (χ0v) is 13.9. The summed E-state index contributed by atoms with van der Waals surface area (Å²) in [7, 11) is 1.82. The van der Waals surface area contributed by atoms with Gasteiger partial charge in [0.05, 0.1) is 6.04 Å². The van der Waals surface area contributed by atoms with Crippen LogP contribution in [-0.2, 0) is 13.0 Å². The van der Waals surface area contributed by atoms with Gasteiger partial charge in [0.25, 0.3) is 0 Å². The Kier molecular flexibility index (Phi) is 4.33. The van der Waals surface area contributed by atoms with Crippen molar-refractivity contribution in [2.45, 2.75) is 32.9 Å². The van der Waals surface area contributed by atoms with Crippen LogP contribution in [0.1, 0.15) is 35.2 Å². The standard InChI is InChI=1S/C19H23N3O/c1-13-6-7-16-10-14(2)18(17(16)9-13)21-19(23)22(3)12-15-5-4-8-20-11-15/h4-9,11,14,18H,10,12H2,1-3H3,(H,21,23)/t14-,18+/m0/s1. The number of urea groups is 1. The van der Waals surface area contributed by atoms with Gasteiger partial charge in [0, 0.05) is 26.0 Å². The molecule has 1 aromatic carbocycles. The van der Waals surface area contributed by atoms with Crippen LogP contribution in [0.3, 0.4) is 0 Å². The van der Waals surface area contributed by atoms with Crippen molar-refractivity contribution >= 4 is 6.03 Å². The van der Waals surface area contributed by atoms with E-state index >= 15 is 0 Å². The molecule has 120 valence electrons. The van der Waals surface area contributed by atoms with Crippen LogP contribution in [0.15, 0.2) is 42.7 Å². The molecule has 0 saturated heterocycles. The summed E-state index contributed by atoms with van der Waals surface area (Å²) in [5, 5.41) is 3.20. The molecule has 2 atom stereocenters. The summed E-state index contributed by atoms with van der Waals surface area (Å²) in [5.41, 5.74) is 4.88. The number of carbonyl (C=O) groups excluding carboxylic acids is 1. The van der Waals surface area contributed by atoms with Gasteiger partial charge in [0.1, 0.15) is 0 Å². The fourth-order valence-electron chi connectivity index (χ4n) is 3.26. The monoisotopic (exact) mass is 309 g/mol. The molecule has 0 unspecified atom stereocenters. The van der Waals surface area contributed by atoms with E-state index in [-0.39, 0.29) is 12.1 Å². The van der Waals surface area contributed by atoms with E-state index in [9.17, 15) is 4.79 Å². The highest BCUT2D eigenvalue weighted by molar-refractivity contribution is 5.74. The van der Waals surface area contributed by atoms with E-state index in [1.54, 1.807) is 17.3 Å². The molecule has 23 heavy (non-hydrogen) atoms. The van der Waals surface area contributed by atoms with E-state index in [1.165, 1.54) is 16.7 Å². The molecule has 1 aromatic heterocycles. The lowest BCUT2D eigenvalue weighted by Crippen LogP contribution is -2.40. The number of aryl methyl sites for hydroxylation is 1. The molecular weight excluding hydrogens is 286 g/mol. The lowest BCUT2D eigenvalue weighted by Gasteiger charge is -2.24. The van der Waals surface area contributed by atoms with Gasteiger partial charge in [0.15, 0.2) is 0 Å². The number of nitrogens with one attached hydrogen (secondary N) is 1. The Bertz CT molecular complexity index is 699. The van der Waals surface area contributed by atoms with Crippen molar-refractivity contribution in [3.8, 4) is 0 Å². The highest BCUT2D eigenvalue weighted by Gasteiger charge is 2.31. The number of amides is 2. The van der Waals surface area contributed by atoms with Gasteiger partial charge >= 0.3 is 6.03 Å². The predicted molar refractivity (Wildman–Crippen MR) is 91.0 cm³/mol. The van der Waals surface area contributed by atoms with Gasteiger partial charge in [-0.15, -0.1) is 0 Å². The number of hydrogen-bond acceptors (Lipinski definition) is 2. The smallest absolute Gasteiger partial charge is 0.317 e. The van der Waals surface area contributed by atoms with Crippen LogP contribution < -0.4 is 5.32 Å². The number of aromatic nitrogens is 1. The van der Waals surface area contributed by atoms with Crippen LogP contribution in [0.25, 0.3) is 0 Å². The van der Waals surface area contributed by atoms with Gasteiger partial charge < -0.3 is 10.2 Å². The van der Waals surface area contributed by atoms with Gasteiger partial charge in [0.2, 0.25) is 0 Å². The molecule has 1 N–H and O–H groups in total. The minimum Gasteiger partial charge on any atom is -0.331 e. The van der Waals surface area contributed by atoms with E-state index in [4.69, 9.17) is 0 Å². The third kappa shape index (κ3) is 3.36. The van der Waals surface area contributed by atoms with E-state index in [1.807, 2.05) is 19.2 Å². The second-order valence-electron chi connectivity index (χ2n) is 6.53. The molecule has 0 fully saturated rings. The molecule has 4 heteroatoms. The highest BCUT2D eigenvalue weighted by Crippen LogP contribution is 2.36. The fourth-order valence-corrected chi connectivity index (χ4v) is 3.26. The molecule has 3 rings (SSSR count). The SMILES string of the molecule is Cc1ccc2c(c1)[C@H](NC(=O)N(C)Cc1cccnc1)[C@@H](C)C2. The number of fused-ring (bicyclic) bond motifs is 1. The predicted octanol–water partition coefficient (Wildman–Crippen LogP) is 3.46. The Morgan fingerprint density at radius 2 is 2.22 bits per heavy atom. The van der Waals surface area contributed by atoms with Gasteiger partial charge in [-0.25, -0.2) is 4.79 Å². The Balaban J connectivity index is 1.69. The third-order valence-corrected chi connectivity index (χ3v) is 4.52. The Hall–Kier alpha value is -2.36. The maximum Gasteiger partial charge on any atom is 0.317 e. The minimum atomic E-state index is -0.0416. The minimum absolute atomic E-state index is 0.0416. The normalized spacial score (nSPS) is 19.3. The Labute approximate surface area is 137 Å². The molecule has 1 heterocycles. The number of pyridine rings is 1. The molecule has 4 nitrogen and oxygen atoms in total. The number of benzene rings is 1. The number of rotatable bonds is 3. The van der Waals surface area contributed by atoms with E-state index in [2.05, 4.69) is 42.3 Å². The summed E-state index contributed by atoms with van der Waals surface area (Å²) < 4.78 is 0. The summed E-state index contributed by atoms with van der Waals surface area (Å²) in [6, 6.07) is 10.4. The first-order valence-corrected chi connectivity index (χ1v) is 8.04. The molecular formula is C19H23N3O. The summed E-state index contributed by atoms with van der Waals surface area (Å²) >= 11 is 0. The molecule has 0 radical (unpaired) electrons. The van der Waals surface area contributed by atoms with E-state index < -0.39 is 0 Å². The first-order chi connectivity index (χ1) is 11.0. The van der Waals surface area contributed by atoms with Crippen LogP contribution in [-0.4, -0.2) is 23.0 Å². The first-order valence-electron chi connectivity index (χ1n) is 8.04. The summed E-state index contributed by atoms with van der Waals surface area (Å²) in [6.45, 7) is 4.85. The summed E-state index contributed by atoms with van der Waals surface area (Å²) in [4.78, 5) is 18.3. The topological polar surface area (TPSA) is 45.2 Å². The van der Waals surface area contributed by atoms with Gasteiger partial charge in [-0.3, -0.25) is 4.98 Å². The van der Waals surface area contributed by atoms with Gasteiger partial charge in [-0.05, 0) is 42.0 Å². The van der Waals surface area contributed by atoms with Gasteiger partial charge in [-0.2, -0.15) is 0 Å². The number of hydrogen-bond donors (Lipinski definition) is 1. The fraction of sp³-hybridized carbons (Fsp3) is 0.368. The highest BCUT2D eigenvalue weighted by atomic mass is 16.2. The lowest BCUT2D eigenvalue weighted by molar-refractivity contribution is 0.199. The zero-order valence-electron chi connectivity index (χ0n) is 13.9. The van der Waals surface area contributed by atoms with E-state index in [0.29, 0.717) is 12.5 Å². The molecule has 0 saturated carbocycles. The van der Waals surface area contributed by atoms with Crippen molar-refractivity contribution < 1.29 is 4.79 Å². The number of carbonyl (C=O) groups is 1. The molecule has 1 aliphatic carbocycles. The van der Waals surface area contributed by atoms with Crippen molar-refractivity contribution in [2.24, 2.45) is 5.92 Å². The maximum atomic E-state index is 12.5. The van der Waals surface area contributed by atoms with Crippen LogP contribution in [0.5, 0.6) is 0 Å². The molecule has 0 bridgehead atoms. The molecule has 0 aliphatic heterocycles. The maximum absolute atomic E-state index is 12.5. The van der Waals surface area contributed by atoms with Crippen LogP contribution in [0.2, 0.25) is 0 Å². The zero-order chi connectivity index (χ0) is 16.4. The Morgan fingerprint density at radius 3 is 2.96 bits per heavy atom. The van der Waals surface area contributed by atoms with Crippen molar-refractivity contribution in [1.82, 2.24) is 15.2 Å². The third-order valence-electron chi connectivity index (χ3n) is 4.52. The van der Waals surface area contributed by atoms with Crippen LogP contribution in [0, 0.1) is 12.8 Å². The van der Waals surface area contributed by atoms with Crippen LogP contribution in [0.4, 0.5) is 4.79 Å². The first kappa shape index (κ1) is 15.5. The average molecular weight is 309 g/mol. The quantitative estimate of drug-likeness (QED) is 0.943.